The minimum atomic E-state index is -3.60. The third-order valence-electron chi connectivity index (χ3n) is 5.67. The molecule has 0 aliphatic heterocycles. The van der Waals surface area contributed by atoms with Crippen molar-refractivity contribution >= 4 is 37.5 Å². The van der Waals surface area contributed by atoms with Crippen molar-refractivity contribution in [2.75, 3.05) is 13.1 Å². The molecule has 1 amide bonds. The average Bonchev–Trinajstić information content (AvgIpc) is 3.17. The van der Waals surface area contributed by atoms with Gasteiger partial charge in [0.1, 0.15) is 0 Å². The first kappa shape index (κ1) is 26.1. The maximum atomic E-state index is 13.2. The molecule has 0 aliphatic rings. The van der Waals surface area contributed by atoms with Crippen LogP contribution in [-0.2, 0) is 16.6 Å². The summed E-state index contributed by atoms with van der Waals surface area (Å²) in [7, 11) is -3.60. The van der Waals surface area contributed by atoms with E-state index in [4.69, 9.17) is 0 Å². The number of nitrogens with zero attached hydrogens (tertiary/aromatic N) is 3. The van der Waals surface area contributed by atoms with Crippen LogP contribution in [0.4, 0.5) is 0 Å². The molecule has 0 aliphatic carbocycles. The van der Waals surface area contributed by atoms with Gasteiger partial charge in [0.2, 0.25) is 10.0 Å². The highest BCUT2D eigenvalue weighted by Crippen LogP contribution is 2.22. The summed E-state index contributed by atoms with van der Waals surface area (Å²) in [5.74, 6) is -0.403. The first-order valence-electron chi connectivity index (χ1n) is 11.7. The molecule has 0 saturated heterocycles. The molecule has 3 aromatic rings. The molecule has 0 N–H and O–H groups in total. The van der Waals surface area contributed by atoms with Gasteiger partial charge in [-0.25, -0.2) is 8.42 Å². The van der Waals surface area contributed by atoms with E-state index in [1.165, 1.54) is 23.5 Å². The van der Waals surface area contributed by atoms with Gasteiger partial charge in [-0.05, 0) is 55.7 Å². The Bertz CT molecular complexity index is 1310. The lowest BCUT2D eigenvalue weighted by molar-refractivity contribution is 0.0997. The fourth-order valence-electron chi connectivity index (χ4n) is 3.78. The Morgan fingerprint density at radius 3 is 2.32 bits per heavy atom. The maximum Gasteiger partial charge on any atom is 0.279 e. The van der Waals surface area contributed by atoms with Gasteiger partial charge in [-0.15, -0.1) is 6.58 Å². The first-order valence-corrected chi connectivity index (χ1v) is 14.0. The average molecular weight is 500 g/mol. The molecule has 2 aromatic carbocycles. The number of allylic oxidation sites excluding steroid dienone is 1. The Morgan fingerprint density at radius 2 is 1.74 bits per heavy atom. The van der Waals surface area contributed by atoms with Crippen molar-refractivity contribution < 1.29 is 13.2 Å². The molecule has 0 spiro atoms. The summed E-state index contributed by atoms with van der Waals surface area (Å²) in [4.78, 5) is 18.1. The topological polar surface area (TPSA) is 71.7 Å². The molecule has 1 aromatic heterocycles. The van der Waals surface area contributed by atoms with E-state index in [-0.39, 0.29) is 4.90 Å². The number of rotatable bonds is 11. The molecule has 8 heteroatoms. The number of aryl methyl sites for hydroxylation is 1. The van der Waals surface area contributed by atoms with E-state index in [2.05, 4.69) is 11.6 Å². The van der Waals surface area contributed by atoms with Gasteiger partial charge in [0, 0.05) is 25.2 Å². The zero-order chi connectivity index (χ0) is 24.7. The monoisotopic (exact) mass is 499 g/mol. The fraction of sp³-hybridized carbons (Fsp3) is 0.385. The van der Waals surface area contributed by atoms with Crippen LogP contribution in [0, 0.1) is 6.92 Å². The van der Waals surface area contributed by atoms with Crippen LogP contribution >= 0.6 is 11.3 Å². The Morgan fingerprint density at radius 1 is 1.09 bits per heavy atom. The van der Waals surface area contributed by atoms with Gasteiger partial charge in [-0.1, -0.05) is 56.2 Å². The van der Waals surface area contributed by atoms with Crippen molar-refractivity contribution in [3.05, 3.63) is 71.0 Å². The molecular weight excluding hydrogens is 466 g/mol. The molecule has 182 valence electrons. The van der Waals surface area contributed by atoms with Crippen LogP contribution in [-0.4, -0.2) is 36.3 Å². The molecule has 6 nitrogen and oxygen atoms in total. The molecule has 3 rings (SSSR count). The van der Waals surface area contributed by atoms with Crippen LogP contribution in [0.25, 0.3) is 10.2 Å². The van der Waals surface area contributed by atoms with E-state index in [9.17, 15) is 13.2 Å². The largest absolute Gasteiger partial charge is 0.312 e. The number of benzene rings is 2. The highest BCUT2D eigenvalue weighted by molar-refractivity contribution is 7.89. The quantitative estimate of drug-likeness (QED) is 0.326. The van der Waals surface area contributed by atoms with Crippen LogP contribution in [0.2, 0.25) is 0 Å². The molecule has 1 heterocycles. The molecular formula is C26H33N3O3S2. The number of hydrogen-bond acceptors (Lipinski definition) is 4. The zero-order valence-electron chi connectivity index (χ0n) is 20.2. The third-order valence-corrected chi connectivity index (χ3v) is 8.63. The second-order valence-electron chi connectivity index (χ2n) is 8.26. The summed E-state index contributed by atoms with van der Waals surface area (Å²) in [5, 5.41) is 0. The van der Waals surface area contributed by atoms with Crippen LogP contribution in [0.15, 0.2) is 65.0 Å². The Balaban J connectivity index is 1.92. The maximum absolute atomic E-state index is 13.2. The summed E-state index contributed by atoms with van der Waals surface area (Å²) in [5.41, 5.74) is 2.50. The predicted molar refractivity (Wildman–Crippen MR) is 140 cm³/mol. The molecule has 0 bridgehead atoms. The second kappa shape index (κ2) is 11.7. The van der Waals surface area contributed by atoms with E-state index in [1.807, 2.05) is 43.5 Å². The summed E-state index contributed by atoms with van der Waals surface area (Å²) in [6, 6.07) is 12.1. The van der Waals surface area contributed by atoms with Crippen molar-refractivity contribution in [3.8, 4) is 0 Å². The van der Waals surface area contributed by atoms with Crippen molar-refractivity contribution in [2.24, 2.45) is 4.99 Å². The standard InChI is InChI=1S/C26H33N3O3S2/c1-5-8-18-28(19-9-6-2)34(31,32)22-15-13-21(14-16-22)25(30)27-26-29(17-7-3)24-20(4)11-10-12-23(24)33-26/h7,10-16H,3,5-6,8-9,17-19H2,1-2,4H3. The second-order valence-corrected chi connectivity index (χ2v) is 11.2. The normalized spacial score (nSPS) is 12.5. The Hall–Kier alpha value is -2.55. The summed E-state index contributed by atoms with van der Waals surface area (Å²) in [6.45, 7) is 11.5. The highest BCUT2D eigenvalue weighted by atomic mass is 32.2. The molecule has 34 heavy (non-hydrogen) atoms. The van der Waals surface area contributed by atoms with E-state index in [1.54, 1.807) is 22.5 Å². The summed E-state index contributed by atoms with van der Waals surface area (Å²) in [6.07, 6.45) is 5.27. The molecule has 0 fully saturated rings. The Labute approximate surface area is 206 Å². The highest BCUT2D eigenvalue weighted by Gasteiger charge is 2.23. The lowest BCUT2D eigenvalue weighted by atomic mass is 10.2. The van der Waals surface area contributed by atoms with Crippen LogP contribution in [0.5, 0.6) is 0 Å². The first-order chi connectivity index (χ1) is 16.3. The number of thiazole rings is 1. The van der Waals surface area contributed by atoms with Crippen LogP contribution < -0.4 is 4.80 Å². The molecule has 0 radical (unpaired) electrons. The summed E-state index contributed by atoms with van der Waals surface area (Å²) < 4.78 is 30.9. The number of fused-ring (bicyclic) bond motifs is 1. The van der Waals surface area contributed by atoms with E-state index in [0.29, 0.717) is 30.0 Å². The van der Waals surface area contributed by atoms with Gasteiger partial charge in [0.05, 0.1) is 15.1 Å². The van der Waals surface area contributed by atoms with Crippen LogP contribution in [0.3, 0.4) is 0 Å². The van der Waals surface area contributed by atoms with Gasteiger partial charge in [-0.3, -0.25) is 4.79 Å². The van der Waals surface area contributed by atoms with Gasteiger partial charge in [0.25, 0.3) is 5.91 Å². The minimum Gasteiger partial charge on any atom is -0.312 e. The number of sulfonamides is 1. The number of aromatic nitrogens is 1. The number of para-hydroxylation sites is 1. The summed E-state index contributed by atoms with van der Waals surface area (Å²) >= 11 is 1.45. The van der Waals surface area contributed by atoms with Crippen LogP contribution in [0.1, 0.15) is 55.5 Å². The third kappa shape index (κ3) is 5.74. The smallest absolute Gasteiger partial charge is 0.279 e. The van der Waals surface area contributed by atoms with Crippen molar-refractivity contribution in [1.82, 2.24) is 8.87 Å². The lowest BCUT2D eigenvalue weighted by Gasteiger charge is -2.22. The number of carbonyl (C=O) groups excluding carboxylic acids is 1. The van der Waals surface area contributed by atoms with Crippen molar-refractivity contribution in [1.29, 1.82) is 0 Å². The fourth-order valence-corrected chi connectivity index (χ4v) is 6.41. The van der Waals surface area contributed by atoms with E-state index >= 15 is 0 Å². The molecule has 0 unspecified atom stereocenters. The van der Waals surface area contributed by atoms with Gasteiger partial charge < -0.3 is 4.57 Å². The van der Waals surface area contributed by atoms with Gasteiger partial charge >= 0.3 is 0 Å². The van der Waals surface area contributed by atoms with Gasteiger partial charge in [0.15, 0.2) is 4.80 Å². The minimum absolute atomic E-state index is 0.204. The number of amides is 1. The zero-order valence-corrected chi connectivity index (χ0v) is 21.8. The SMILES string of the molecule is C=CCn1c(=NC(=O)c2ccc(S(=O)(=O)N(CCCC)CCCC)cc2)sc2cccc(C)c21. The van der Waals surface area contributed by atoms with Crippen molar-refractivity contribution in [3.63, 3.8) is 0 Å². The molecule has 0 saturated carbocycles. The van der Waals surface area contributed by atoms with Crippen molar-refractivity contribution in [2.45, 2.75) is 57.9 Å². The van der Waals surface area contributed by atoms with Gasteiger partial charge in [-0.2, -0.15) is 9.30 Å². The molecule has 0 atom stereocenters. The lowest BCUT2D eigenvalue weighted by Crippen LogP contribution is -2.33. The van der Waals surface area contributed by atoms with E-state index in [0.717, 1.165) is 41.5 Å². The number of carbonyl (C=O) groups is 1. The number of unbranched alkanes of at least 4 members (excludes halogenated alkanes) is 2. The Kier molecular flexibility index (Phi) is 8.99. The number of hydrogen-bond donors (Lipinski definition) is 0. The van der Waals surface area contributed by atoms with E-state index < -0.39 is 15.9 Å². The predicted octanol–water partition coefficient (Wildman–Crippen LogP) is 5.53.